The van der Waals surface area contributed by atoms with Crippen molar-refractivity contribution in [1.82, 2.24) is 30.9 Å². The number of fused-ring (bicyclic) bond motifs is 2. The summed E-state index contributed by atoms with van der Waals surface area (Å²) in [5.41, 5.74) is 4.77. The molecule has 1 aliphatic rings. The molecule has 0 spiro atoms. The Hall–Kier alpha value is -2.87. The molecule has 4 heterocycles. The fourth-order valence-corrected chi connectivity index (χ4v) is 3.50. The second-order valence-corrected chi connectivity index (χ2v) is 7.65. The lowest BCUT2D eigenvalue weighted by molar-refractivity contribution is 0.304. The number of nitrogens with zero attached hydrogens (tertiary/aromatic N) is 3. The number of hydrogen-bond acceptors (Lipinski definition) is 7. The molecule has 7 heteroatoms. The van der Waals surface area contributed by atoms with Crippen LogP contribution in [-0.2, 0) is 19.7 Å². The Bertz CT molecular complexity index is 920. The topological polar surface area (TPSA) is 84.0 Å². The molecule has 0 fully saturated rings. The summed E-state index contributed by atoms with van der Waals surface area (Å²) in [6.07, 6.45) is 5.80. The fourth-order valence-electron chi connectivity index (χ4n) is 3.50. The highest BCUT2D eigenvalue weighted by molar-refractivity contribution is 5.54. The summed E-state index contributed by atoms with van der Waals surface area (Å²) < 4.78 is 6.16. The summed E-state index contributed by atoms with van der Waals surface area (Å²) in [5, 5.41) is 10.4. The number of pyridine rings is 3. The van der Waals surface area contributed by atoms with Crippen LogP contribution >= 0.6 is 0 Å². The van der Waals surface area contributed by atoms with E-state index in [1.165, 1.54) is 0 Å². The third-order valence-corrected chi connectivity index (χ3v) is 5.09. The summed E-state index contributed by atoms with van der Waals surface area (Å²) in [6, 6.07) is 13.9. The van der Waals surface area contributed by atoms with Gasteiger partial charge >= 0.3 is 0 Å². The quantitative estimate of drug-likeness (QED) is 0.601. The van der Waals surface area contributed by atoms with Crippen molar-refractivity contribution >= 4 is 0 Å². The lowest BCUT2D eigenvalue weighted by Crippen LogP contribution is -2.26. The van der Waals surface area contributed by atoms with Crippen molar-refractivity contribution in [2.45, 2.75) is 32.5 Å². The Balaban J connectivity index is 1.44. The van der Waals surface area contributed by atoms with E-state index in [2.05, 4.69) is 25.9 Å². The smallest absolute Gasteiger partial charge is 0.123 e. The van der Waals surface area contributed by atoms with Gasteiger partial charge in [0.15, 0.2) is 0 Å². The zero-order chi connectivity index (χ0) is 21.1. The van der Waals surface area contributed by atoms with E-state index in [0.29, 0.717) is 6.61 Å². The van der Waals surface area contributed by atoms with Gasteiger partial charge in [-0.15, -0.1) is 0 Å². The Morgan fingerprint density at radius 3 is 2.16 bits per heavy atom. The molecule has 2 bridgehead atoms. The zero-order valence-electron chi connectivity index (χ0n) is 17.8. The summed E-state index contributed by atoms with van der Waals surface area (Å²) in [6.45, 7) is 5.98. The van der Waals surface area contributed by atoms with Crippen LogP contribution in [0.1, 0.15) is 29.8 Å². The Kier molecular flexibility index (Phi) is 7.93. The molecule has 162 valence electrons. The highest BCUT2D eigenvalue weighted by Gasteiger charge is 2.07. The van der Waals surface area contributed by atoms with Gasteiger partial charge in [0.1, 0.15) is 12.4 Å². The minimum atomic E-state index is 0.470. The van der Waals surface area contributed by atoms with Crippen molar-refractivity contribution in [3.63, 3.8) is 0 Å². The predicted octanol–water partition coefficient (Wildman–Crippen LogP) is 2.68. The van der Waals surface area contributed by atoms with Crippen LogP contribution in [0.15, 0.2) is 54.9 Å². The molecule has 0 aliphatic carbocycles. The molecule has 0 atom stereocenters. The maximum atomic E-state index is 6.16. The van der Waals surface area contributed by atoms with Crippen LogP contribution in [0.4, 0.5) is 0 Å². The highest BCUT2D eigenvalue weighted by Crippen LogP contribution is 2.19. The van der Waals surface area contributed by atoms with Crippen LogP contribution in [0.25, 0.3) is 11.4 Å². The standard InChI is InChI=1S/C24H30N6O/c1-2-11-28-23(5-1)24-13-19(6-12-29-24)18-31-22-14-20-16-26-9-3-7-25-8-4-10-27-17-21(15-22)30-20/h1-2,5-6,11-15,25-27H,3-4,7-10,16-18H2. The van der Waals surface area contributed by atoms with E-state index < -0.39 is 0 Å². The first-order valence-electron chi connectivity index (χ1n) is 11.0. The predicted molar refractivity (Wildman–Crippen MR) is 122 cm³/mol. The van der Waals surface area contributed by atoms with Crippen molar-refractivity contribution in [1.29, 1.82) is 0 Å². The lowest BCUT2D eigenvalue weighted by Gasteiger charge is -2.13. The fraction of sp³-hybridized carbons (Fsp3) is 0.375. The minimum absolute atomic E-state index is 0.470. The molecular weight excluding hydrogens is 388 g/mol. The molecular formula is C24H30N6O. The lowest BCUT2D eigenvalue weighted by atomic mass is 10.2. The summed E-state index contributed by atoms with van der Waals surface area (Å²) in [7, 11) is 0. The van der Waals surface area contributed by atoms with Gasteiger partial charge in [0, 0.05) is 37.6 Å². The molecule has 3 aromatic rings. The van der Waals surface area contributed by atoms with Crippen LogP contribution in [0, 0.1) is 0 Å². The Morgan fingerprint density at radius 1 is 0.742 bits per heavy atom. The van der Waals surface area contributed by atoms with Crippen molar-refractivity contribution in [3.05, 3.63) is 71.8 Å². The van der Waals surface area contributed by atoms with E-state index in [1.54, 1.807) is 12.4 Å². The monoisotopic (exact) mass is 418 g/mol. The number of rotatable bonds is 4. The van der Waals surface area contributed by atoms with Gasteiger partial charge in [-0.05, 0) is 68.8 Å². The van der Waals surface area contributed by atoms with Gasteiger partial charge in [0.25, 0.3) is 0 Å². The molecule has 0 saturated carbocycles. The third kappa shape index (κ3) is 6.82. The molecule has 0 amide bonds. The van der Waals surface area contributed by atoms with E-state index in [1.807, 2.05) is 42.5 Å². The average molecular weight is 419 g/mol. The van der Waals surface area contributed by atoms with Gasteiger partial charge in [0.05, 0.1) is 22.8 Å². The molecule has 7 nitrogen and oxygen atoms in total. The van der Waals surface area contributed by atoms with Gasteiger partial charge in [-0.25, -0.2) is 0 Å². The van der Waals surface area contributed by atoms with E-state index in [-0.39, 0.29) is 0 Å². The second-order valence-electron chi connectivity index (χ2n) is 7.65. The van der Waals surface area contributed by atoms with Crippen molar-refractivity contribution in [2.24, 2.45) is 0 Å². The molecule has 0 saturated heterocycles. The molecule has 3 N–H and O–H groups in total. The molecule has 4 rings (SSSR count). The van der Waals surface area contributed by atoms with Crippen LogP contribution in [0.3, 0.4) is 0 Å². The molecule has 31 heavy (non-hydrogen) atoms. The average Bonchev–Trinajstić information content (AvgIpc) is 2.81. The largest absolute Gasteiger partial charge is 0.489 e. The number of aromatic nitrogens is 3. The Labute approximate surface area is 183 Å². The number of hydrogen-bond donors (Lipinski definition) is 3. The van der Waals surface area contributed by atoms with Gasteiger partial charge < -0.3 is 20.7 Å². The van der Waals surface area contributed by atoms with E-state index in [0.717, 1.165) is 86.2 Å². The normalized spacial score (nSPS) is 15.7. The summed E-state index contributed by atoms with van der Waals surface area (Å²) in [4.78, 5) is 13.6. The van der Waals surface area contributed by atoms with Gasteiger partial charge in [0.2, 0.25) is 0 Å². The van der Waals surface area contributed by atoms with Gasteiger partial charge in [-0.2, -0.15) is 0 Å². The molecule has 0 radical (unpaired) electrons. The van der Waals surface area contributed by atoms with E-state index >= 15 is 0 Å². The second kappa shape index (κ2) is 11.5. The maximum Gasteiger partial charge on any atom is 0.123 e. The Morgan fingerprint density at radius 2 is 1.45 bits per heavy atom. The summed E-state index contributed by atoms with van der Waals surface area (Å²) >= 11 is 0. The van der Waals surface area contributed by atoms with Crippen LogP contribution in [-0.4, -0.2) is 41.1 Å². The molecule has 0 unspecified atom stereocenters. The highest BCUT2D eigenvalue weighted by atomic mass is 16.5. The third-order valence-electron chi connectivity index (χ3n) is 5.09. The first-order valence-corrected chi connectivity index (χ1v) is 11.0. The van der Waals surface area contributed by atoms with Gasteiger partial charge in [-0.1, -0.05) is 6.07 Å². The molecule has 0 aromatic carbocycles. The van der Waals surface area contributed by atoms with Crippen LogP contribution < -0.4 is 20.7 Å². The van der Waals surface area contributed by atoms with Crippen LogP contribution in [0.5, 0.6) is 5.75 Å². The zero-order valence-corrected chi connectivity index (χ0v) is 17.8. The first-order chi connectivity index (χ1) is 15.4. The minimum Gasteiger partial charge on any atom is -0.489 e. The molecule has 3 aromatic heterocycles. The maximum absolute atomic E-state index is 6.16. The van der Waals surface area contributed by atoms with E-state index in [9.17, 15) is 0 Å². The van der Waals surface area contributed by atoms with Crippen molar-refractivity contribution < 1.29 is 4.74 Å². The van der Waals surface area contributed by atoms with Gasteiger partial charge in [-0.3, -0.25) is 15.0 Å². The van der Waals surface area contributed by atoms with Crippen molar-refractivity contribution in [3.8, 4) is 17.1 Å². The first kappa shape index (κ1) is 21.4. The van der Waals surface area contributed by atoms with Crippen LogP contribution in [0.2, 0.25) is 0 Å². The van der Waals surface area contributed by atoms with E-state index in [4.69, 9.17) is 9.72 Å². The van der Waals surface area contributed by atoms with Crippen molar-refractivity contribution in [2.75, 3.05) is 26.2 Å². The summed E-state index contributed by atoms with van der Waals surface area (Å²) in [5.74, 6) is 0.841. The number of nitrogens with one attached hydrogen (secondary N) is 3. The number of ether oxygens (including phenoxy) is 1. The molecule has 1 aliphatic heterocycles. The SMILES string of the molecule is c1ccc(-c2cc(COc3cc4nc(c3)CNCCCNCCCNC4)ccn2)nc1.